The number of hydrogen-bond acceptors (Lipinski definition) is 3. The Bertz CT molecular complexity index is 1300. The summed E-state index contributed by atoms with van der Waals surface area (Å²) < 4.78 is 3.66. The van der Waals surface area contributed by atoms with E-state index in [1.54, 1.807) is 18.0 Å². The van der Waals surface area contributed by atoms with Crippen molar-refractivity contribution in [3.05, 3.63) is 94.4 Å². The van der Waals surface area contributed by atoms with Gasteiger partial charge in [0.15, 0.2) is 0 Å². The number of benzene rings is 2. The standard InChI is InChI=1S/C26H26ClN5O/c1-18-24(19(2)31(4)28-18)14-15-25(33)30(3)16-21-17-32(23-8-6-5-7-9-23)29-26(21)20-10-12-22(27)13-11-20/h5-15,17H,16H2,1-4H3. The second-order valence-corrected chi connectivity index (χ2v) is 8.46. The molecule has 0 aliphatic carbocycles. The summed E-state index contributed by atoms with van der Waals surface area (Å²) in [6.07, 6.45) is 5.41. The molecule has 1 amide bonds. The number of amides is 1. The molecular formula is C26H26ClN5O. The molecule has 0 radical (unpaired) electrons. The van der Waals surface area contributed by atoms with Gasteiger partial charge < -0.3 is 4.90 Å². The number of likely N-dealkylation sites (N-methyl/N-ethyl adjacent to an activating group) is 1. The van der Waals surface area contributed by atoms with Crippen LogP contribution in [0, 0.1) is 13.8 Å². The van der Waals surface area contributed by atoms with Crippen LogP contribution in [0.15, 0.2) is 66.9 Å². The SMILES string of the molecule is Cc1nn(C)c(C)c1C=CC(=O)N(C)Cc1cn(-c2ccccc2)nc1-c1ccc(Cl)cc1. The van der Waals surface area contributed by atoms with Crippen molar-refractivity contribution in [3.8, 4) is 16.9 Å². The first-order chi connectivity index (χ1) is 15.8. The molecule has 4 rings (SSSR count). The van der Waals surface area contributed by atoms with E-state index >= 15 is 0 Å². The molecule has 33 heavy (non-hydrogen) atoms. The Kier molecular flexibility index (Phi) is 6.47. The maximum absolute atomic E-state index is 12.9. The number of para-hydroxylation sites is 1. The van der Waals surface area contributed by atoms with Crippen LogP contribution >= 0.6 is 11.6 Å². The molecule has 2 aromatic heterocycles. The smallest absolute Gasteiger partial charge is 0.246 e. The largest absolute Gasteiger partial charge is 0.338 e. The quantitative estimate of drug-likeness (QED) is 0.372. The van der Waals surface area contributed by atoms with Gasteiger partial charge in [0.05, 0.1) is 17.1 Å². The van der Waals surface area contributed by atoms with Crippen molar-refractivity contribution in [2.45, 2.75) is 20.4 Å². The number of halogens is 1. The highest BCUT2D eigenvalue weighted by atomic mass is 35.5. The lowest BCUT2D eigenvalue weighted by molar-refractivity contribution is -0.125. The Hall–Kier alpha value is -3.64. The average molecular weight is 460 g/mol. The lowest BCUT2D eigenvalue weighted by Gasteiger charge is -2.15. The molecule has 4 aromatic rings. The zero-order chi connectivity index (χ0) is 23.5. The Morgan fingerprint density at radius 1 is 1.06 bits per heavy atom. The van der Waals surface area contributed by atoms with Gasteiger partial charge >= 0.3 is 0 Å². The number of hydrogen-bond donors (Lipinski definition) is 0. The Labute approximate surface area is 198 Å². The van der Waals surface area contributed by atoms with Gasteiger partial charge in [0, 0.05) is 60.3 Å². The van der Waals surface area contributed by atoms with Crippen LogP contribution in [0.4, 0.5) is 0 Å². The predicted octanol–water partition coefficient (Wildman–Crippen LogP) is 5.21. The van der Waals surface area contributed by atoms with Gasteiger partial charge in [-0.3, -0.25) is 9.48 Å². The van der Waals surface area contributed by atoms with E-state index < -0.39 is 0 Å². The molecule has 168 valence electrons. The van der Waals surface area contributed by atoms with Crippen molar-refractivity contribution >= 4 is 23.6 Å². The molecule has 0 unspecified atom stereocenters. The van der Waals surface area contributed by atoms with Gasteiger partial charge in [-0.05, 0) is 44.2 Å². The Morgan fingerprint density at radius 3 is 2.39 bits per heavy atom. The zero-order valence-electron chi connectivity index (χ0n) is 19.2. The molecular weight excluding hydrogens is 434 g/mol. The number of carbonyl (C=O) groups excluding carboxylic acids is 1. The molecule has 0 bridgehead atoms. The zero-order valence-corrected chi connectivity index (χ0v) is 19.9. The molecule has 0 saturated heterocycles. The van der Waals surface area contributed by atoms with Crippen LogP contribution in [0.3, 0.4) is 0 Å². The van der Waals surface area contributed by atoms with Crippen molar-refractivity contribution in [1.29, 1.82) is 0 Å². The highest BCUT2D eigenvalue weighted by Crippen LogP contribution is 2.26. The molecule has 2 aromatic carbocycles. The van der Waals surface area contributed by atoms with Crippen molar-refractivity contribution in [2.24, 2.45) is 7.05 Å². The van der Waals surface area contributed by atoms with E-state index in [1.807, 2.05) is 97.1 Å². The minimum Gasteiger partial charge on any atom is -0.338 e. The number of aryl methyl sites for hydroxylation is 2. The number of rotatable bonds is 6. The third-order valence-corrected chi connectivity index (χ3v) is 5.92. The van der Waals surface area contributed by atoms with E-state index in [4.69, 9.17) is 16.7 Å². The summed E-state index contributed by atoms with van der Waals surface area (Å²) in [6.45, 7) is 4.35. The lowest BCUT2D eigenvalue weighted by Crippen LogP contribution is -2.24. The normalized spacial score (nSPS) is 11.3. The van der Waals surface area contributed by atoms with Crippen LogP contribution in [-0.4, -0.2) is 37.4 Å². The molecule has 7 heteroatoms. The predicted molar refractivity (Wildman–Crippen MR) is 132 cm³/mol. The van der Waals surface area contributed by atoms with Gasteiger partial charge in [0.2, 0.25) is 5.91 Å². The van der Waals surface area contributed by atoms with Crippen LogP contribution in [-0.2, 0) is 18.4 Å². The molecule has 0 aliphatic rings. The second-order valence-electron chi connectivity index (χ2n) is 8.03. The fourth-order valence-electron chi connectivity index (χ4n) is 3.74. The van der Waals surface area contributed by atoms with Crippen LogP contribution < -0.4 is 0 Å². The van der Waals surface area contributed by atoms with Gasteiger partial charge in [-0.15, -0.1) is 0 Å². The number of nitrogens with zero attached hydrogens (tertiary/aromatic N) is 5. The Morgan fingerprint density at radius 2 is 1.76 bits per heavy atom. The highest BCUT2D eigenvalue weighted by Gasteiger charge is 2.16. The second kappa shape index (κ2) is 9.46. The van der Waals surface area contributed by atoms with Gasteiger partial charge in [0.25, 0.3) is 0 Å². The van der Waals surface area contributed by atoms with E-state index in [-0.39, 0.29) is 5.91 Å². The molecule has 0 aliphatic heterocycles. The first-order valence-electron chi connectivity index (χ1n) is 10.7. The van der Waals surface area contributed by atoms with Gasteiger partial charge in [-0.25, -0.2) is 4.68 Å². The maximum Gasteiger partial charge on any atom is 0.246 e. The number of aromatic nitrogens is 4. The summed E-state index contributed by atoms with van der Waals surface area (Å²) in [5.41, 5.74) is 6.55. The van der Waals surface area contributed by atoms with Crippen LogP contribution in [0.25, 0.3) is 23.0 Å². The van der Waals surface area contributed by atoms with E-state index in [0.717, 1.165) is 39.5 Å². The molecule has 0 saturated carbocycles. The molecule has 2 heterocycles. The summed E-state index contributed by atoms with van der Waals surface area (Å²) >= 11 is 6.08. The molecule has 0 fully saturated rings. The van der Waals surface area contributed by atoms with Gasteiger partial charge in [-0.2, -0.15) is 10.2 Å². The summed E-state index contributed by atoms with van der Waals surface area (Å²) in [4.78, 5) is 14.6. The van der Waals surface area contributed by atoms with Crippen LogP contribution in [0.1, 0.15) is 22.5 Å². The van der Waals surface area contributed by atoms with Crippen molar-refractivity contribution < 1.29 is 4.79 Å². The van der Waals surface area contributed by atoms with Crippen LogP contribution in [0.5, 0.6) is 0 Å². The van der Waals surface area contributed by atoms with Gasteiger partial charge in [0.1, 0.15) is 0 Å². The first-order valence-corrected chi connectivity index (χ1v) is 11.0. The summed E-state index contributed by atoms with van der Waals surface area (Å²) in [7, 11) is 3.69. The Balaban J connectivity index is 1.61. The van der Waals surface area contributed by atoms with Crippen molar-refractivity contribution in [2.75, 3.05) is 7.05 Å². The maximum atomic E-state index is 12.9. The average Bonchev–Trinajstić information content (AvgIpc) is 3.33. The van der Waals surface area contributed by atoms with E-state index in [9.17, 15) is 4.79 Å². The highest BCUT2D eigenvalue weighted by molar-refractivity contribution is 6.30. The minimum atomic E-state index is -0.0906. The first kappa shape index (κ1) is 22.6. The molecule has 0 spiro atoms. The van der Waals surface area contributed by atoms with Crippen molar-refractivity contribution in [3.63, 3.8) is 0 Å². The monoisotopic (exact) mass is 459 g/mol. The summed E-state index contributed by atoms with van der Waals surface area (Å²) in [5, 5.41) is 9.89. The third kappa shape index (κ3) is 4.91. The molecule has 0 N–H and O–H groups in total. The van der Waals surface area contributed by atoms with E-state index in [0.29, 0.717) is 11.6 Å². The fraction of sp³-hybridized carbons (Fsp3) is 0.192. The lowest BCUT2D eigenvalue weighted by atomic mass is 10.1. The molecule has 0 atom stereocenters. The van der Waals surface area contributed by atoms with Crippen LogP contribution in [0.2, 0.25) is 5.02 Å². The van der Waals surface area contributed by atoms with Crippen molar-refractivity contribution in [1.82, 2.24) is 24.5 Å². The third-order valence-electron chi connectivity index (χ3n) is 5.67. The summed E-state index contributed by atoms with van der Waals surface area (Å²) in [5.74, 6) is -0.0906. The summed E-state index contributed by atoms with van der Waals surface area (Å²) in [6, 6.07) is 17.5. The minimum absolute atomic E-state index is 0.0906. The van der Waals surface area contributed by atoms with E-state index in [1.165, 1.54) is 0 Å². The van der Waals surface area contributed by atoms with Gasteiger partial charge in [-0.1, -0.05) is 41.9 Å². The topological polar surface area (TPSA) is 56.0 Å². The number of carbonyl (C=O) groups is 1. The molecule has 6 nitrogen and oxygen atoms in total. The fourth-order valence-corrected chi connectivity index (χ4v) is 3.86. The van der Waals surface area contributed by atoms with E-state index in [2.05, 4.69) is 5.10 Å².